The molecule has 0 amide bonds. The van der Waals surface area contributed by atoms with Gasteiger partial charge in [0, 0.05) is 30.8 Å². The van der Waals surface area contributed by atoms with E-state index in [2.05, 4.69) is 46.4 Å². The molecule has 1 aromatic heterocycles. The van der Waals surface area contributed by atoms with Gasteiger partial charge in [0.05, 0.1) is 0 Å². The Morgan fingerprint density at radius 1 is 1.12 bits per heavy atom. The zero-order valence-corrected chi connectivity index (χ0v) is 10.2. The van der Waals surface area contributed by atoms with E-state index in [0.717, 1.165) is 19.1 Å². The van der Waals surface area contributed by atoms with Crippen LogP contribution in [-0.2, 0) is 6.54 Å². The molecule has 0 radical (unpaired) electrons. The summed E-state index contributed by atoms with van der Waals surface area (Å²) in [7, 11) is 0. The van der Waals surface area contributed by atoms with E-state index in [0.29, 0.717) is 0 Å². The van der Waals surface area contributed by atoms with E-state index >= 15 is 0 Å². The zero-order valence-electron chi connectivity index (χ0n) is 10.2. The van der Waals surface area contributed by atoms with Crippen LogP contribution in [0.5, 0.6) is 0 Å². The van der Waals surface area contributed by atoms with Gasteiger partial charge in [0.1, 0.15) is 0 Å². The van der Waals surface area contributed by atoms with Crippen LogP contribution in [-0.4, -0.2) is 17.2 Å². The zero-order chi connectivity index (χ0) is 11.5. The fourth-order valence-corrected chi connectivity index (χ4v) is 2.85. The Balaban J connectivity index is 1.60. The summed E-state index contributed by atoms with van der Waals surface area (Å²) in [6.45, 7) is 2.16. The van der Waals surface area contributed by atoms with Crippen LogP contribution in [0, 0.1) is 0 Å². The van der Waals surface area contributed by atoms with Gasteiger partial charge in [0.15, 0.2) is 0 Å². The van der Waals surface area contributed by atoms with Crippen LogP contribution in [0.1, 0.15) is 25.7 Å². The standard InChI is InChI=1S/C15H20N2/c1-4-8-15-13(5-1)9-11-17(15)12-10-16-14-6-2-3-7-14/h1,4-5,8-9,11,14,16H,2-3,6-7,10,12H2. The van der Waals surface area contributed by atoms with Gasteiger partial charge >= 0.3 is 0 Å². The largest absolute Gasteiger partial charge is 0.346 e. The van der Waals surface area contributed by atoms with Crippen LogP contribution in [0.15, 0.2) is 36.5 Å². The molecule has 90 valence electrons. The lowest BCUT2D eigenvalue weighted by atomic mass is 10.2. The van der Waals surface area contributed by atoms with Crippen molar-refractivity contribution in [2.75, 3.05) is 6.54 Å². The third-order valence-corrected chi connectivity index (χ3v) is 3.82. The fraction of sp³-hybridized carbons (Fsp3) is 0.467. The van der Waals surface area contributed by atoms with E-state index in [9.17, 15) is 0 Å². The van der Waals surface area contributed by atoms with Crippen molar-refractivity contribution in [3.63, 3.8) is 0 Å². The van der Waals surface area contributed by atoms with Crippen molar-refractivity contribution < 1.29 is 0 Å². The predicted molar refractivity (Wildman–Crippen MR) is 72.2 cm³/mol. The molecule has 3 rings (SSSR count). The summed E-state index contributed by atoms with van der Waals surface area (Å²) < 4.78 is 2.34. The topological polar surface area (TPSA) is 17.0 Å². The molecule has 1 N–H and O–H groups in total. The molecule has 1 aliphatic rings. The molecule has 0 aliphatic heterocycles. The van der Waals surface area contributed by atoms with Crippen molar-refractivity contribution in [3.05, 3.63) is 36.5 Å². The van der Waals surface area contributed by atoms with Crippen LogP contribution in [0.2, 0.25) is 0 Å². The van der Waals surface area contributed by atoms with Gasteiger partial charge in [-0.3, -0.25) is 0 Å². The van der Waals surface area contributed by atoms with E-state index in [1.165, 1.54) is 36.6 Å². The highest BCUT2D eigenvalue weighted by atomic mass is 15.0. The Labute approximate surface area is 103 Å². The average molecular weight is 228 g/mol. The predicted octanol–water partition coefficient (Wildman–Crippen LogP) is 3.17. The van der Waals surface area contributed by atoms with Gasteiger partial charge in [0.2, 0.25) is 0 Å². The third kappa shape index (κ3) is 2.37. The smallest absolute Gasteiger partial charge is 0.0480 e. The molecule has 2 nitrogen and oxygen atoms in total. The normalized spacial score (nSPS) is 16.9. The maximum atomic E-state index is 3.66. The minimum atomic E-state index is 0.775. The molecular formula is C15H20N2. The summed E-state index contributed by atoms with van der Waals surface area (Å²) in [5, 5.41) is 5.00. The van der Waals surface area contributed by atoms with Gasteiger partial charge in [-0.15, -0.1) is 0 Å². The molecule has 1 fully saturated rings. The number of benzene rings is 1. The van der Waals surface area contributed by atoms with Crippen LogP contribution in [0.3, 0.4) is 0 Å². The van der Waals surface area contributed by atoms with Gasteiger partial charge in [-0.25, -0.2) is 0 Å². The summed E-state index contributed by atoms with van der Waals surface area (Å²) in [6.07, 6.45) is 7.74. The number of rotatable bonds is 4. The first kappa shape index (κ1) is 10.8. The van der Waals surface area contributed by atoms with Crippen molar-refractivity contribution in [1.29, 1.82) is 0 Å². The molecule has 0 bridgehead atoms. The number of nitrogens with zero attached hydrogens (tertiary/aromatic N) is 1. The van der Waals surface area contributed by atoms with Crippen LogP contribution < -0.4 is 5.32 Å². The minimum absolute atomic E-state index is 0.775. The molecule has 2 aromatic rings. The van der Waals surface area contributed by atoms with Crippen molar-refractivity contribution in [2.24, 2.45) is 0 Å². The molecule has 17 heavy (non-hydrogen) atoms. The number of aromatic nitrogens is 1. The summed E-state index contributed by atoms with van der Waals surface area (Å²) in [5.74, 6) is 0. The Kier molecular flexibility index (Phi) is 3.14. The number of hydrogen-bond acceptors (Lipinski definition) is 1. The molecule has 0 atom stereocenters. The fourth-order valence-electron chi connectivity index (χ4n) is 2.85. The van der Waals surface area contributed by atoms with Gasteiger partial charge < -0.3 is 9.88 Å². The highest BCUT2D eigenvalue weighted by molar-refractivity contribution is 5.79. The van der Waals surface area contributed by atoms with Crippen molar-refractivity contribution >= 4 is 10.9 Å². The third-order valence-electron chi connectivity index (χ3n) is 3.82. The van der Waals surface area contributed by atoms with Gasteiger partial charge in [-0.05, 0) is 30.4 Å². The first-order valence-electron chi connectivity index (χ1n) is 6.71. The molecular weight excluding hydrogens is 208 g/mol. The molecule has 0 saturated heterocycles. The van der Waals surface area contributed by atoms with Crippen LogP contribution in [0.25, 0.3) is 10.9 Å². The second-order valence-corrected chi connectivity index (χ2v) is 5.00. The summed E-state index contributed by atoms with van der Waals surface area (Å²) >= 11 is 0. The second kappa shape index (κ2) is 4.92. The minimum Gasteiger partial charge on any atom is -0.346 e. The highest BCUT2D eigenvalue weighted by Gasteiger charge is 2.13. The first-order chi connectivity index (χ1) is 8.43. The number of fused-ring (bicyclic) bond motifs is 1. The lowest BCUT2D eigenvalue weighted by molar-refractivity contribution is 0.501. The molecule has 0 spiro atoms. The van der Waals surface area contributed by atoms with Crippen molar-refractivity contribution in [3.8, 4) is 0 Å². The lowest BCUT2D eigenvalue weighted by Crippen LogP contribution is -2.29. The molecule has 1 saturated carbocycles. The summed E-state index contributed by atoms with van der Waals surface area (Å²) in [4.78, 5) is 0. The SMILES string of the molecule is c1ccc2c(c1)ccn2CCNC1CCCC1. The van der Waals surface area contributed by atoms with E-state index < -0.39 is 0 Å². The van der Waals surface area contributed by atoms with Gasteiger partial charge in [-0.1, -0.05) is 31.0 Å². The molecule has 1 aliphatic carbocycles. The van der Waals surface area contributed by atoms with E-state index in [1.807, 2.05) is 0 Å². The Hall–Kier alpha value is -1.28. The monoisotopic (exact) mass is 228 g/mol. The molecule has 2 heteroatoms. The van der Waals surface area contributed by atoms with E-state index in [1.54, 1.807) is 0 Å². The summed E-state index contributed by atoms with van der Waals surface area (Å²) in [5.41, 5.74) is 1.35. The first-order valence-corrected chi connectivity index (χ1v) is 6.71. The van der Waals surface area contributed by atoms with Crippen molar-refractivity contribution in [1.82, 2.24) is 9.88 Å². The summed E-state index contributed by atoms with van der Waals surface area (Å²) in [6, 6.07) is 11.6. The van der Waals surface area contributed by atoms with Crippen LogP contribution in [0.4, 0.5) is 0 Å². The second-order valence-electron chi connectivity index (χ2n) is 5.00. The maximum absolute atomic E-state index is 3.66. The highest BCUT2D eigenvalue weighted by Crippen LogP contribution is 2.18. The van der Waals surface area contributed by atoms with Crippen LogP contribution >= 0.6 is 0 Å². The van der Waals surface area contributed by atoms with Crippen molar-refractivity contribution in [2.45, 2.75) is 38.3 Å². The number of nitrogens with one attached hydrogen (secondary N) is 1. The molecule has 0 unspecified atom stereocenters. The molecule has 1 heterocycles. The van der Waals surface area contributed by atoms with E-state index in [4.69, 9.17) is 0 Å². The number of hydrogen-bond donors (Lipinski definition) is 1. The Morgan fingerprint density at radius 2 is 1.94 bits per heavy atom. The lowest BCUT2D eigenvalue weighted by Gasteiger charge is -2.12. The Bertz CT molecular complexity index is 480. The maximum Gasteiger partial charge on any atom is 0.0480 e. The Morgan fingerprint density at radius 3 is 2.82 bits per heavy atom. The molecule has 1 aromatic carbocycles. The quantitative estimate of drug-likeness (QED) is 0.850. The number of para-hydroxylation sites is 1. The van der Waals surface area contributed by atoms with Gasteiger partial charge in [-0.2, -0.15) is 0 Å². The average Bonchev–Trinajstić information content (AvgIpc) is 2.99. The van der Waals surface area contributed by atoms with Gasteiger partial charge in [0.25, 0.3) is 0 Å². The van der Waals surface area contributed by atoms with E-state index in [-0.39, 0.29) is 0 Å².